The van der Waals surface area contributed by atoms with E-state index in [0.717, 1.165) is 11.3 Å². The molecule has 0 saturated heterocycles. The van der Waals surface area contributed by atoms with Crippen LogP contribution in [0.3, 0.4) is 0 Å². The van der Waals surface area contributed by atoms with Gasteiger partial charge < -0.3 is 15.4 Å². The molecule has 0 aliphatic heterocycles. The molecule has 0 radical (unpaired) electrons. The Morgan fingerprint density at radius 1 is 1.25 bits per heavy atom. The van der Waals surface area contributed by atoms with Crippen molar-refractivity contribution in [3.63, 3.8) is 0 Å². The molecular weight excluding hydrogens is 200 g/mol. The lowest BCUT2D eigenvalue weighted by molar-refractivity contribution is 0.464. The van der Waals surface area contributed by atoms with E-state index in [1.807, 2.05) is 48.1 Å². The maximum Gasteiger partial charge on any atom is 0.119 e. The first-order chi connectivity index (χ1) is 7.74. The van der Waals surface area contributed by atoms with Crippen molar-refractivity contribution in [1.82, 2.24) is 4.57 Å². The highest BCUT2D eigenvalue weighted by molar-refractivity contribution is 5.40. The third-order valence-electron chi connectivity index (χ3n) is 2.89. The fraction of sp³-hybridized carbons (Fsp3) is 0.231. The molecule has 0 aliphatic rings. The molecule has 0 spiro atoms. The smallest absolute Gasteiger partial charge is 0.119 e. The topological polar surface area (TPSA) is 51.2 Å². The largest absolute Gasteiger partial charge is 0.508 e. The molecule has 1 unspecified atom stereocenters. The molecule has 1 atom stereocenters. The number of hydrogen-bond acceptors (Lipinski definition) is 2. The van der Waals surface area contributed by atoms with Gasteiger partial charge in [-0.05, 0) is 18.2 Å². The second kappa shape index (κ2) is 4.41. The third kappa shape index (κ3) is 1.82. The molecule has 84 valence electrons. The Kier molecular flexibility index (Phi) is 2.97. The minimum Gasteiger partial charge on any atom is -0.508 e. The molecule has 16 heavy (non-hydrogen) atoms. The summed E-state index contributed by atoms with van der Waals surface area (Å²) in [4.78, 5) is 0. The first-order valence-electron chi connectivity index (χ1n) is 5.33. The average molecular weight is 216 g/mol. The van der Waals surface area contributed by atoms with Crippen LogP contribution in [0.25, 0.3) is 0 Å². The summed E-state index contributed by atoms with van der Waals surface area (Å²) in [5, 5.41) is 9.84. The molecule has 0 bridgehead atoms. The number of rotatable bonds is 3. The Balaban J connectivity index is 2.45. The number of para-hydroxylation sites is 1. The maximum absolute atomic E-state index is 9.84. The highest BCUT2D eigenvalue weighted by Gasteiger charge is 2.17. The van der Waals surface area contributed by atoms with Crippen molar-refractivity contribution in [2.45, 2.75) is 5.92 Å². The lowest BCUT2D eigenvalue weighted by atomic mass is 9.95. The minimum atomic E-state index is 0.0428. The molecule has 0 amide bonds. The van der Waals surface area contributed by atoms with E-state index < -0.39 is 0 Å². The van der Waals surface area contributed by atoms with E-state index in [1.165, 1.54) is 0 Å². The second-order valence-corrected chi connectivity index (χ2v) is 3.89. The minimum absolute atomic E-state index is 0.0428. The number of aryl methyl sites for hydroxylation is 1. The molecule has 1 aromatic heterocycles. The van der Waals surface area contributed by atoms with Crippen molar-refractivity contribution in [1.29, 1.82) is 0 Å². The van der Waals surface area contributed by atoms with Crippen LogP contribution in [0.2, 0.25) is 0 Å². The fourth-order valence-corrected chi connectivity index (χ4v) is 2.03. The highest BCUT2D eigenvalue weighted by Crippen LogP contribution is 2.30. The van der Waals surface area contributed by atoms with Gasteiger partial charge in [-0.1, -0.05) is 18.2 Å². The molecule has 0 aliphatic carbocycles. The van der Waals surface area contributed by atoms with Crippen LogP contribution < -0.4 is 5.73 Å². The Morgan fingerprint density at radius 2 is 2.00 bits per heavy atom. The summed E-state index contributed by atoms with van der Waals surface area (Å²) in [6.07, 6.45) is 1.98. The number of phenolic OH excluding ortho intramolecular Hbond substituents is 1. The fourth-order valence-electron chi connectivity index (χ4n) is 2.03. The third-order valence-corrected chi connectivity index (χ3v) is 2.89. The number of hydrogen-bond donors (Lipinski definition) is 2. The van der Waals surface area contributed by atoms with E-state index in [0.29, 0.717) is 12.3 Å². The van der Waals surface area contributed by atoms with E-state index in [2.05, 4.69) is 0 Å². The molecular formula is C13H16N2O. The molecule has 3 N–H and O–H groups in total. The van der Waals surface area contributed by atoms with Gasteiger partial charge in [0, 0.05) is 37.0 Å². The van der Waals surface area contributed by atoms with Gasteiger partial charge in [0.05, 0.1) is 0 Å². The van der Waals surface area contributed by atoms with E-state index in [4.69, 9.17) is 5.73 Å². The van der Waals surface area contributed by atoms with Crippen LogP contribution in [0.15, 0.2) is 42.6 Å². The molecule has 3 nitrogen and oxygen atoms in total. The van der Waals surface area contributed by atoms with Crippen molar-refractivity contribution in [2.75, 3.05) is 6.54 Å². The summed E-state index contributed by atoms with van der Waals surface area (Å²) >= 11 is 0. The summed E-state index contributed by atoms with van der Waals surface area (Å²) in [6, 6.07) is 11.4. The number of benzene rings is 1. The monoisotopic (exact) mass is 216 g/mol. The van der Waals surface area contributed by atoms with Crippen LogP contribution in [0.4, 0.5) is 0 Å². The van der Waals surface area contributed by atoms with Crippen LogP contribution >= 0.6 is 0 Å². The van der Waals surface area contributed by atoms with Crippen LogP contribution in [-0.2, 0) is 7.05 Å². The number of nitrogens with zero attached hydrogens (tertiary/aromatic N) is 1. The summed E-state index contributed by atoms with van der Waals surface area (Å²) in [5.74, 6) is 0.348. The molecule has 0 fully saturated rings. The van der Waals surface area contributed by atoms with Crippen molar-refractivity contribution in [2.24, 2.45) is 12.8 Å². The average Bonchev–Trinajstić information content (AvgIpc) is 2.69. The summed E-state index contributed by atoms with van der Waals surface area (Å²) in [6.45, 7) is 0.482. The van der Waals surface area contributed by atoms with Crippen molar-refractivity contribution >= 4 is 0 Å². The van der Waals surface area contributed by atoms with Crippen molar-refractivity contribution in [3.8, 4) is 5.75 Å². The van der Waals surface area contributed by atoms with Crippen molar-refractivity contribution < 1.29 is 5.11 Å². The zero-order chi connectivity index (χ0) is 11.5. The predicted octanol–water partition coefficient (Wildman–Crippen LogP) is 1.82. The van der Waals surface area contributed by atoms with Crippen molar-refractivity contribution in [3.05, 3.63) is 53.9 Å². The number of aromatic hydroxyl groups is 1. The van der Waals surface area contributed by atoms with Gasteiger partial charge in [0.25, 0.3) is 0 Å². The van der Waals surface area contributed by atoms with Crippen LogP contribution in [0.1, 0.15) is 17.2 Å². The van der Waals surface area contributed by atoms with E-state index in [-0.39, 0.29) is 5.92 Å². The van der Waals surface area contributed by atoms with E-state index in [9.17, 15) is 5.11 Å². The first kappa shape index (κ1) is 10.8. The molecule has 1 heterocycles. The lowest BCUT2D eigenvalue weighted by Crippen LogP contribution is -2.16. The zero-order valence-electron chi connectivity index (χ0n) is 9.30. The molecule has 2 aromatic rings. The zero-order valence-corrected chi connectivity index (χ0v) is 9.30. The van der Waals surface area contributed by atoms with E-state index in [1.54, 1.807) is 6.07 Å². The Bertz CT molecular complexity index is 476. The Hall–Kier alpha value is -1.74. The van der Waals surface area contributed by atoms with Gasteiger partial charge in [-0.3, -0.25) is 0 Å². The highest BCUT2D eigenvalue weighted by atomic mass is 16.3. The van der Waals surface area contributed by atoms with Gasteiger partial charge >= 0.3 is 0 Å². The van der Waals surface area contributed by atoms with E-state index >= 15 is 0 Å². The normalized spacial score (nSPS) is 12.6. The van der Waals surface area contributed by atoms with Gasteiger partial charge in [0.2, 0.25) is 0 Å². The SMILES string of the molecule is Cn1cccc1C(CN)c1ccccc1O. The molecule has 2 rings (SSSR count). The van der Waals surface area contributed by atoms with Gasteiger partial charge in [-0.25, -0.2) is 0 Å². The second-order valence-electron chi connectivity index (χ2n) is 3.89. The van der Waals surface area contributed by atoms with Gasteiger partial charge in [0.15, 0.2) is 0 Å². The van der Waals surface area contributed by atoms with Gasteiger partial charge in [0.1, 0.15) is 5.75 Å². The first-order valence-corrected chi connectivity index (χ1v) is 5.33. The number of nitrogens with two attached hydrogens (primary N) is 1. The van der Waals surface area contributed by atoms with Crippen LogP contribution in [0.5, 0.6) is 5.75 Å². The summed E-state index contributed by atoms with van der Waals surface area (Å²) < 4.78 is 2.03. The molecule has 0 saturated carbocycles. The molecule has 1 aromatic carbocycles. The Morgan fingerprint density at radius 3 is 2.56 bits per heavy atom. The number of phenols is 1. The summed E-state index contributed by atoms with van der Waals surface area (Å²) in [7, 11) is 1.98. The Labute approximate surface area is 95.1 Å². The predicted molar refractivity (Wildman–Crippen MR) is 64.4 cm³/mol. The van der Waals surface area contributed by atoms with Crippen LogP contribution in [0, 0.1) is 0 Å². The summed E-state index contributed by atoms with van der Waals surface area (Å²) in [5.41, 5.74) is 7.81. The quantitative estimate of drug-likeness (QED) is 0.822. The lowest BCUT2D eigenvalue weighted by Gasteiger charge is -2.17. The standard InChI is InChI=1S/C13H16N2O/c1-15-8-4-6-12(15)11(9-14)10-5-2-3-7-13(10)16/h2-8,11,16H,9,14H2,1H3. The van der Waals surface area contributed by atoms with Crippen LogP contribution in [-0.4, -0.2) is 16.2 Å². The van der Waals surface area contributed by atoms with Gasteiger partial charge in [-0.15, -0.1) is 0 Å². The molecule has 3 heteroatoms. The maximum atomic E-state index is 9.84. The van der Waals surface area contributed by atoms with Gasteiger partial charge in [-0.2, -0.15) is 0 Å². The number of aromatic nitrogens is 1.